The van der Waals surface area contributed by atoms with Crippen molar-refractivity contribution in [2.75, 3.05) is 19.0 Å². The third-order valence-corrected chi connectivity index (χ3v) is 3.45. The lowest BCUT2D eigenvalue weighted by atomic mass is 10.2. The van der Waals surface area contributed by atoms with Gasteiger partial charge in [0.25, 0.3) is 0 Å². The first kappa shape index (κ1) is 18.9. The van der Waals surface area contributed by atoms with Crippen molar-refractivity contribution in [1.29, 1.82) is 0 Å². The Hall–Kier alpha value is -2.48. The van der Waals surface area contributed by atoms with E-state index in [0.717, 1.165) is 5.56 Å². The molecule has 0 aliphatic rings. The molecule has 1 heterocycles. The fourth-order valence-electron chi connectivity index (χ4n) is 1.87. The van der Waals surface area contributed by atoms with Gasteiger partial charge in [-0.3, -0.25) is 0 Å². The van der Waals surface area contributed by atoms with E-state index in [1.54, 1.807) is 25.2 Å². The Bertz CT molecular complexity index is 723. The number of anilines is 1. The van der Waals surface area contributed by atoms with Crippen LogP contribution in [0.4, 0.5) is 23.7 Å². The molecule has 25 heavy (non-hydrogen) atoms. The molecule has 0 saturated carbocycles. The van der Waals surface area contributed by atoms with E-state index >= 15 is 0 Å². The topological polar surface area (TPSA) is 54.5 Å². The summed E-state index contributed by atoms with van der Waals surface area (Å²) in [6.07, 6.45) is -3.22. The zero-order valence-electron chi connectivity index (χ0n) is 13.2. The number of aromatic nitrogens is 1. The van der Waals surface area contributed by atoms with Gasteiger partial charge in [0, 0.05) is 24.7 Å². The zero-order chi connectivity index (χ0) is 18.4. The van der Waals surface area contributed by atoms with Crippen molar-refractivity contribution in [3.63, 3.8) is 0 Å². The van der Waals surface area contributed by atoms with E-state index in [1.165, 1.54) is 23.2 Å². The molecule has 0 fully saturated rings. The SMILES string of the molecule is CN(Cc1ccccc1Cl)C(=O)Nc1ccc(OCC(F)(F)F)nc1. The van der Waals surface area contributed by atoms with E-state index in [-0.39, 0.29) is 5.88 Å². The van der Waals surface area contributed by atoms with E-state index in [1.807, 2.05) is 6.07 Å². The summed E-state index contributed by atoms with van der Waals surface area (Å²) in [5, 5.41) is 3.14. The summed E-state index contributed by atoms with van der Waals surface area (Å²) in [5.41, 5.74) is 1.12. The first-order valence-electron chi connectivity index (χ1n) is 7.16. The highest BCUT2D eigenvalue weighted by Crippen LogP contribution is 2.19. The Morgan fingerprint density at radius 3 is 2.60 bits per heavy atom. The first-order chi connectivity index (χ1) is 11.7. The van der Waals surface area contributed by atoms with Crippen molar-refractivity contribution >= 4 is 23.3 Å². The highest BCUT2D eigenvalue weighted by atomic mass is 35.5. The molecular weight excluding hydrogens is 359 g/mol. The molecule has 0 spiro atoms. The molecule has 2 aromatic rings. The smallest absolute Gasteiger partial charge is 0.422 e. The maximum atomic E-state index is 12.1. The van der Waals surface area contributed by atoms with Crippen molar-refractivity contribution in [3.8, 4) is 5.88 Å². The summed E-state index contributed by atoms with van der Waals surface area (Å²) in [5.74, 6) is -0.181. The normalized spacial score (nSPS) is 11.1. The van der Waals surface area contributed by atoms with E-state index in [9.17, 15) is 18.0 Å². The lowest BCUT2D eigenvalue weighted by molar-refractivity contribution is -0.154. The van der Waals surface area contributed by atoms with E-state index in [4.69, 9.17) is 11.6 Å². The van der Waals surface area contributed by atoms with Gasteiger partial charge in [0.05, 0.1) is 11.9 Å². The van der Waals surface area contributed by atoms with Crippen LogP contribution in [0.15, 0.2) is 42.6 Å². The van der Waals surface area contributed by atoms with Gasteiger partial charge in [0.1, 0.15) is 0 Å². The maximum absolute atomic E-state index is 12.1. The third kappa shape index (κ3) is 6.15. The van der Waals surface area contributed by atoms with Crippen LogP contribution in [-0.2, 0) is 6.54 Å². The summed E-state index contributed by atoms with van der Waals surface area (Å²) < 4.78 is 40.7. The molecule has 2 rings (SSSR count). The van der Waals surface area contributed by atoms with Crippen LogP contribution in [0, 0.1) is 0 Å². The Morgan fingerprint density at radius 1 is 1.28 bits per heavy atom. The number of urea groups is 1. The number of hydrogen-bond acceptors (Lipinski definition) is 3. The van der Waals surface area contributed by atoms with Gasteiger partial charge >= 0.3 is 12.2 Å². The fourth-order valence-corrected chi connectivity index (χ4v) is 2.06. The Balaban J connectivity index is 1.90. The van der Waals surface area contributed by atoms with Gasteiger partial charge in [-0.05, 0) is 17.7 Å². The van der Waals surface area contributed by atoms with Gasteiger partial charge < -0.3 is 15.0 Å². The van der Waals surface area contributed by atoms with Crippen LogP contribution in [-0.4, -0.2) is 35.7 Å². The van der Waals surface area contributed by atoms with Gasteiger partial charge in [-0.15, -0.1) is 0 Å². The van der Waals surface area contributed by atoms with E-state index in [0.29, 0.717) is 17.3 Å². The van der Waals surface area contributed by atoms with Gasteiger partial charge in [-0.1, -0.05) is 29.8 Å². The minimum absolute atomic E-state index is 0.181. The lowest BCUT2D eigenvalue weighted by Crippen LogP contribution is -2.31. The van der Waals surface area contributed by atoms with Crippen LogP contribution in [0.2, 0.25) is 5.02 Å². The third-order valence-electron chi connectivity index (χ3n) is 3.08. The van der Waals surface area contributed by atoms with Gasteiger partial charge in [0.15, 0.2) is 6.61 Å². The molecule has 1 aromatic carbocycles. The standard InChI is InChI=1S/C16H15ClF3N3O2/c1-23(9-11-4-2-3-5-13(11)17)15(24)22-12-6-7-14(21-8-12)25-10-16(18,19)20/h2-8H,9-10H2,1H3,(H,22,24). The van der Waals surface area contributed by atoms with E-state index in [2.05, 4.69) is 15.0 Å². The molecule has 0 unspecified atom stereocenters. The first-order valence-corrected chi connectivity index (χ1v) is 7.53. The number of carbonyl (C=O) groups is 1. The monoisotopic (exact) mass is 373 g/mol. The van der Waals surface area contributed by atoms with Crippen LogP contribution in [0.25, 0.3) is 0 Å². The number of halogens is 4. The summed E-state index contributed by atoms with van der Waals surface area (Å²) in [7, 11) is 1.59. The Kier molecular flexibility index (Phi) is 6.08. The molecule has 134 valence electrons. The number of pyridine rings is 1. The molecule has 0 bridgehead atoms. The van der Waals surface area contributed by atoms with Crippen LogP contribution >= 0.6 is 11.6 Å². The zero-order valence-corrected chi connectivity index (χ0v) is 13.9. The average Bonchev–Trinajstić information content (AvgIpc) is 2.55. The number of benzene rings is 1. The molecule has 0 radical (unpaired) electrons. The number of nitrogens with one attached hydrogen (secondary N) is 1. The molecule has 1 aromatic heterocycles. The molecular formula is C16H15ClF3N3O2. The molecule has 0 aliphatic heterocycles. The van der Waals surface area contributed by atoms with Crippen LogP contribution in [0.5, 0.6) is 5.88 Å². The molecule has 0 saturated heterocycles. The van der Waals surface area contributed by atoms with Crippen LogP contribution in [0.3, 0.4) is 0 Å². The fraction of sp³-hybridized carbons (Fsp3) is 0.250. The predicted octanol–water partition coefficient (Wildman–Crippen LogP) is 4.34. The van der Waals surface area contributed by atoms with Crippen LogP contribution in [0.1, 0.15) is 5.56 Å². The second-order valence-electron chi connectivity index (χ2n) is 5.17. The summed E-state index contributed by atoms with van der Waals surface area (Å²) >= 11 is 6.05. The minimum atomic E-state index is -4.43. The Morgan fingerprint density at radius 2 is 2.00 bits per heavy atom. The number of rotatable bonds is 5. The molecule has 0 aliphatic carbocycles. The molecule has 0 atom stereocenters. The van der Waals surface area contributed by atoms with Crippen molar-refractivity contribution in [1.82, 2.24) is 9.88 Å². The molecule has 5 nitrogen and oxygen atoms in total. The van der Waals surface area contributed by atoms with Crippen LogP contribution < -0.4 is 10.1 Å². The number of nitrogens with zero attached hydrogens (tertiary/aromatic N) is 2. The minimum Gasteiger partial charge on any atom is -0.468 e. The van der Waals surface area contributed by atoms with Gasteiger partial charge in [-0.2, -0.15) is 13.2 Å². The second-order valence-corrected chi connectivity index (χ2v) is 5.57. The molecule has 9 heteroatoms. The largest absolute Gasteiger partial charge is 0.468 e. The van der Waals surface area contributed by atoms with E-state index < -0.39 is 18.8 Å². The maximum Gasteiger partial charge on any atom is 0.422 e. The second kappa shape index (κ2) is 8.06. The number of ether oxygens (including phenoxy) is 1. The highest BCUT2D eigenvalue weighted by Gasteiger charge is 2.28. The quantitative estimate of drug-likeness (QED) is 0.848. The summed E-state index contributed by atoms with van der Waals surface area (Å²) in [6.45, 7) is -1.13. The predicted molar refractivity (Wildman–Crippen MR) is 87.7 cm³/mol. The summed E-state index contributed by atoms with van der Waals surface area (Å²) in [6, 6.07) is 9.38. The summed E-state index contributed by atoms with van der Waals surface area (Å²) in [4.78, 5) is 17.3. The Labute approximate surface area is 147 Å². The number of alkyl halides is 3. The number of hydrogen-bond donors (Lipinski definition) is 1. The van der Waals surface area contributed by atoms with Crippen molar-refractivity contribution in [2.24, 2.45) is 0 Å². The molecule has 1 N–H and O–H groups in total. The van der Waals surface area contributed by atoms with Gasteiger partial charge in [-0.25, -0.2) is 9.78 Å². The lowest BCUT2D eigenvalue weighted by Gasteiger charge is -2.18. The molecule has 2 amide bonds. The number of amides is 2. The highest BCUT2D eigenvalue weighted by molar-refractivity contribution is 6.31. The average molecular weight is 374 g/mol. The number of carbonyl (C=O) groups excluding carboxylic acids is 1. The van der Waals surface area contributed by atoms with Crippen molar-refractivity contribution in [3.05, 3.63) is 53.2 Å². The van der Waals surface area contributed by atoms with Crippen molar-refractivity contribution < 1.29 is 22.7 Å². The van der Waals surface area contributed by atoms with Gasteiger partial charge in [0.2, 0.25) is 5.88 Å². The van der Waals surface area contributed by atoms with Crippen molar-refractivity contribution in [2.45, 2.75) is 12.7 Å².